The van der Waals surface area contributed by atoms with E-state index in [-0.39, 0.29) is 17.3 Å². The van der Waals surface area contributed by atoms with Crippen LogP contribution < -0.4 is 4.18 Å². The third-order valence-electron chi connectivity index (χ3n) is 1.81. The fourth-order valence-corrected chi connectivity index (χ4v) is 2.14. The normalized spacial score (nSPS) is 11.3. The molecule has 0 aliphatic heterocycles. The Bertz CT molecular complexity index is 394. The van der Waals surface area contributed by atoms with Crippen molar-refractivity contribution in [3.8, 4) is 11.5 Å². The molecule has 1 N–H and O–H groups in total. The number of rotatable bonds is 5. The van der Waals surface area contributed by atoms with Crippen molar-refractivity contribution >= 4 is 10.1 Å². The highest BCUT2D eigenvalue weighted by atomic mass is 32.2. The Balaban J connectivity index is 2.65. The van der Waals surface area contributed by atoms with Crippen LogP contribution in [0.1, 0.15) is 19.8 Å². The highest BCUT2D eigenvalue weighted by Gasteiger charge is 2.11. The van der Waals surface area contributed by atoms with Gasteiger partial charge in [-0.1, -0.05) is 13.3 Å². The molecule has 0 bridgehead atoms. The van der Waals surface area contributed by atoms with Gasteiger partial charge in [0.2, 0.25) is 0 Å². The SMILES string of the molecule is CCCCS(=O)(=O)Oc1ccc(O)cc1. The topological polar surface area (TPSA) is 63.6 Å². The maximum absolute atomic E-state index is 11.4. The minimum absolute atomic E-state index is 0.0182. The molecule has 0 radical (unpaired) electrons. The highest BCUT2D eigenvalue weighted by Crippen LogP contribution is 2.17. The van der Waals surface area contributed by atoms with Gasteiger partial charge in [0.1, 0.15) is 11.5 Å². The predicted octanol–water partition coefficient (Wildman–Crippen LogP) is 1.90. The molecule has 1 rings (SSSR count). The van der Waals surface area contributed by atoms with E-state index >= 15 is 0 Å². The molecule has 1 aromatic rings. The molecule has 0 aliphatic rings. The predicted molar refractivity (Wildman–Crippen MR) is 57.4 cm³/mol. The van der Waals surface area contributed by atoms with Gasteiger partial charge in [0.25, 0.3) is 0 Å². The van der Waals surface area contributed by atoms with Gasteiger partial charge in [-0.2, -0.15) is 8.42 Å². The van der Waals surface area contributed by atoms with Gasteiger partial charge in [-0.15, -0.1) is 0 Å². The summed E-state index contributed by atoms with van der Waals surface area (Å²) in [7, 11) is -3.49. The summed E-state index contributed by atoms with van der Waals surface area (Å²) in [4.78, 5) is 0. The molecule has 0 spiro atoms. The van der Waals surface area contributed by atoms with Crippen molar-refractivity contribution in [2.24, 2.45) is 0 Å². The molecule has 1 aromatic carbocycles. The Morgan fingerprint density at radius 1 is 1.27 bits per heavy atom. The van der Waals surface area contributed by atoms with Crippen molar-refractivity contribution in [2.45, 2.75) is 19.8 Å². The van der Waals surface area contributed by atoms with Crippen LogP contribution in [0.25, 0.3) is 0 Å². The Labute approximate surface area is 89.6 Å². The summed E-state index contributed by atoms with van der Waals surface area (Å²) in [6, 6.07) is 5.59. The zero-order valence-electron chi connectivity index (χ0n) is 8.51. The fraction of sp³-hybridized carbons (Fsp3) is 0.400. The first kappa shape index (κ1) is 11.8. The first-order valence-corrected chi connectivity index (χ1v) is 6.32. The molecule has 0 heterocycles. The molecule has 0 aliphatic carbocycles. The maximum atomic E-state index is 11.4. The summed E-state index contributed by atoms with van der Waals surface area (Å²) in [6.07, 6.45) is 1.39. The van der Waals surface area contributed by atoms with Crippen molar-refractivity contribution in [1.29, 1.82) is 0 Å². The zero-order chi connectivity index (χ0) is 11.3. The second-order valence-corrected chi connectivity index (χ2v) is 4.88. The molecular formula is C10H14O4S. The van der Waals surface area contributed by atoms with E-state index in [4.69, 9.17) is 9.29 Å². The molecule has 84 valence electrons. The van der Waals surface area contributed by atoms with Crippen LogP contribution in [0.5, 0.6) is 11.5 Å². The molecule has 0 unspecified atom stereocenters. The number of aromatic hydroxyl groups is 1. The standard InChI is InChI=1S/C10H14O4S/c1-2-3-8-15(12,13)14-10-6-4-9(11)5-7-10/h4-7,11H,2-3,8H2,1H3. The van der Waals surface area contributed by atoms with Gasteiger partial charge in [0, 0.05) is 0 Å². The van der Waals surface area contributed by atoms with E-state index in [1.807, 2.05) is 6.92 Å². The minimum Gasteiger partial charge on any atom is -0.508 e. The summed E-state index contributed by atoms with van der Waals surface area (Å²) >= 11 is 0. The molecule has 0 aromatic heterocycles. The van der Waals surface area contributed by atoms with E-state index in [1.165, 1.54) is 24.3 Å². The van der Waals surface area contributed by atoms with E-state index in [0.29, 0.717) is 6.42 Å². The van der Waals surface area contributed by atoms with Gasteiger partial charge < -0.3 is 9.29 Å². The lowest BCUT2D eigenvalue weighted by Gasteiger charge is -2.05. The number of phenolic OH excluding ortho intramolecular Hbond substituents is 1. The average molecular weight is 230 g/mol. The Kier molecular flexibility index (Phi) is 3.96. The summed E-state index contributed by atoms with van der Waals surface area (Å²) in [6.45, 7) is 1.91. The van der Waals surface area contributed by atoms with Crippen LogP contribution in [0.4, 0.5) is 0 Å². The quantitative estimate of drug-likeness (QED) is 0.785. The van der Waals surface area contributed by atoms with Crippen LogP contribution in [0, 0.1) is 0 Å². The minimum atomic E-state index is -3.49. The van der Waals surface area contributed by atoms with Crippen LogP contribution in [0.15, 0.2) is 24.3 Å². The third-order valence-corrected chi connectivity index (χ3v) is 3.04. The smallest absolute Gasteiger partial charge is 0.309 e. The molecule has 0 fully saturated rings. The van der Waals surface area contributed by atoms with Gasteiger partial charge in [0.05, 0.1) is 5.75 Å². The summed E-state index contributed by atoms with van der Waals surface area (Å²) in [5, 5.41) is 8.99. The van der Waals surface area contributed by atoms with Crippen molar-refractivity contribution in [3.05, 3.63) is 24.3 Å². The monoisotopic (exact) mass is 230 g/mol. The lowest BCUT2D eigenvalue weighted by Crippen LogP contribution is -2.13. The maximum Gasteiger partial charge on any atom is 0.309 e. The summed E-state index contributed by atoms with van der Waals surface area (Å²) < 4.78 is 27.5. The van der Waals surface area contributed by atoms with Crippen LogP contribution in [-0.2, 0) is 10.1 Å². The fourth-order valence-electron chi connectivity index (χ4n) is 1.01. The van der Waals surface area contributed by atoms with Crippen molar-refractivity contribution in [1.82, 2.24) is 0 Å². The third kappa shape index (κ3) is 4.20. The molecule has 0 saturated carbocycles. The van der Waals surface area contributed by atoms with Crippen LogP contribution >= 0.6 is 0 Å². The van der Waals surface area contributed by atoms with Gasteiger partial charge >= 0.3 is 10.1 Å². The van der Waals surface area contributed by atoms with Crippen molar-refractivity contribution in [2.75, 3.05) is 5.75 Å². The van der Waals surface area contributed by atoms with Crippen LogP contribution in [-0.4, -0.2) is 19.3 Å². The Hall–Kier alpha value is -1.23. The molecule has 15 heavy (non-hydrogen) atoms. The molecule has 4 nitrogen and oxygen atoms in total. The Morgan fingerprint density at radius 2 is 1.87 bits per heavy atom. The lowest BCUT2D eigenvalue weighted by molar-refractivity contribution is 0.468. The molecular weight excluding hydrogens is 216 g/mol. The van der Waals surface area contributed by atoms with Gasteiger partial charge in [-0.3, -0.25) is 0 Å². The number of benzene rings is 1. The highest BCUT2D eigenvalue weighted by molar-refractivity contribution is 7.87. The largest absolute Gasteiger partial charge is 0.508 e. The van der Waals surface area contributed by atoms with Crippen molar-refractivity contribution < 1.29 is 17.7 Å². The summed E-state index contributed by atoms with van der Waals surface area (Å²) in [5.74, 6) is 0.321. The second-order valence-electron chi connectivity index (χ2n) is 3.19. The van der Waals surface area contributed by atoms with Crippen molar-refractivity contribution in [3.63, 3.8) is 0 Å². The summed E-state index contributed by atoms with van der Waals surface area (Å²) in [5.41, 5.74) is 0. The van der Waals surface area contributed by atoms with E-state index in [2.05, 4.69) is 0 Å². The van der Waals surface area contributed by atoms with E-state index < -0.39 is 10.1 Å². The number of phenols is 1. The van der Waals surface area contributed by atoms with E-state index in [0.717, 1.165) is 6.42 Å². The molecule has 0 atom stereocenters. The van der Waals surface area contributed by atoms with E-state index in [1.54, 1.807) is 0 Å². The average Bonchev–Trinajstić information content (AvgIpc) is 2.18. The lowest BCUT2D eigenvalue weighted by atomic mass is 10.3. The first-order valence-electron chi connectivity index (χ1n) is 4.74. The van der Waals surface area contributed by atoms with Gasteiger partial charge in [-0.05, 0) is 30.7 Å². The Morgan fingerprint density at radius 3 is 2.40 bits per heavy atom. The zero-order valence-corrected chi connectivity index (χ0v) is 9.33. The second kappa shape index (κ2) is 5.02. The number of hydrogen-bond acceptors (Lipinski definition) is 4. The molecule has 0 amide bonds. The van der Waals surface area contributed by atoms with Crippen LogP contribution in [0.3, 0.4) is 0 Å². The number of hydrogen-bond donors (Lipinski definition) is 1. The van der Waals surface area contributed by atoms with E-state index in [9.17, 15) is 8.42 Å². The van der Waals surface area contributed by atoms with Gasteiger partial charge in [-0.25, -0.2) is 0 Å². The first-order chi connectivity index (χ1) is 7.03. The number of unbranched alkanes of at least 4 members (excludes halogenated alkanes) is 1. The molecule has 5 heteroatoms. The molecule has 0 saturated heterocycles. The van der Waals surface area contributed by atoms with Gasteiger partial charge in [0.15, 0.2) is 0 Å². The van der Waals surface area contributed by atoms with Crippen LogP contribution in [0.2, 0.25) is 0 Å².